The molecule has 20 heavy (non-hydrogen) atoms. The predicted molar refractivity (Wildman–Crippen MR) is 78.4 cm³/mol. The standard InChI is InChI=1S/C13H20N2O3S2/c1-10-8-15(4-5-18-10)20(16,17)13-6-11(9-19-13)7-14-12-2-3-12/h6,9-10,12,14H,2-5,7-8H2,1H3. The van der Waals surface area contributed by atoms with Crippen molar-refractivity contribution in [3.63, 3.8) is 0 Å². The van der Waals surface area contributed by atoms with Crippen LogP contribution < -0.4 is 5.32 Å². The molecule has 0 spiro atoms. The fraction of sp³-hybridized carbons (Fsp3) is 0.692. The molecule has 0 aromatic carbocycles. The minimum Gasteiger partial charge on any atom is -0.376 e. The van der Waals surface area contributed by atoms with Crippen LogP contribution in [0.5, 0.6) is 0 Å². The quantitative estimate of drug-likeness (QED) is 0.892. The third-order valence-electron chi connectivity index (χ3n) is 3.60. The Bertz CT molecular complexity index is 566. The van der Waals surface area contributed by atoms with Crippen molar-refractivity contribution in [2.45, 2.75) is 42.7 Å². The van der Waals surface area contributed by atoms with Gasteiger partial charge in [0.2, 0.25) is 0 Å². The van der Waals surface area contributed by atoms with Gasteiger partial charge in [-0.3, -0.25) is 0 Å². The van der Waals surface area contributed by atoms with Crippen molar-refractivity contribution in [3.8, 4) is 0 Å². The molecule has 1 unspecified atom stereocenters. The third-order valence-corrected chi connectivity index (χ3v) is 6.93. The van der Waals surface area contributed by atoms with Crippen LogP contribution in [-0.4, -0.2) is 44.6 Å². The van der Waals surface area contributed by atoms with Crippen molar-refractivity contribution in [1.29, 1.82) is 0 Å². The first-order valence-electron chi connectivity index (χ1n) is 6.98. The second-order valence-corrected chi connectivity index (χ2v) is 8.55. The molecular formula is C13H20N2O3S2. The lowest BCUT2D eigenvalue weighted by Crippen LogP contribution is -2.44. The molecular weight excluding hydrogens is 296 g/mol. The number of nitrogens with zero attached hydrogens (tertiary/aromatic N) is 1. The summed E-state index contributed by atoms with van der Waals surface area (Å²) in [5.41, 5.74) is 1.06. The molecule has 5 nitrogen and oxygen atoms in total. The number of hydrogen-bond acceptors (Lipinski definition) is 5. The number of hydrogen-bond donors (Lipinski definition) is 1. The smallest absolute Gasteiger partial charge is 0.252 e. The summed E-state index contributed by atoms with van der Waals surface area (Å²) in [5.74, 6) is 0. The van der Waals surface area contributed by atoms with E-state index in [4.69, 9.17) is 4.74 Å². The topological polar surface area (TPSA) is 58.6 Å². The van der Waals surface area contributed by atoms with Gasteiger partial charge in [0.05, 0.1) is 12.7 Å². The Kier molecular flexibility index (Phi) is 4.14. The second kappa shape index (κ2) is 5.73. The Labute approximate surface area is 124 Å². The zero-order chi connectivity index (χ0) is 14.2. The molecule has 3 rings (SSSR count). The van der Waals surface area contributed by atoms with Gasteiger partial charge in [-0.25, -0.2) is 8.42 Å². The normalized spacial score (nSPS) is 24.9. The first-order valence-corrected chi connectivity index (χ1v) is 9.30. The van der Waals surface area contributed by atoms with Crippen molar-refractivity contribution in [1.82, 2.24) is 9.62 Å². The Balaban J connectivity index is 1.69. The van der Waals surface area contributed by atoms with E-state index in [9.17, 15) is 8.42 Å². The lowest BCUT2D eigenvalue weighted by molar-refractivity contribution is 0.0102. The molecule has 2 aliphatic rings. The first-order chi connectivity index (χ1) is 9.55. The molecule has 0 radical (unpaired) electrons. The Hall–Kier alpha value is -0.470. The summed E-state index contributed by atoms with van der Waals surface area (Å²) in [7, 11) is -3.35. The number of thiophene rings is 1. The molecule has 1 saturated carbocycles. The van der Waals surface area contributed by atoms with Gasteiger partial charge < -0.3 is 10.1 Å². The van der Waals surface area contributed by atoms with Gasteiger partial charge in [0, 0.05) is 25.7 Å². The van der Waals surface area contributed by atoms with Crippen molar-refractivity contribution in [2.24, 2.45) is 0 Å². The number of sulfonamides is 1. The molecule has 2 fully saturated rings. The van der Waals surface area contributed by atoms with Gasteiger partial charge in [0.1, 0.15) is 4.21 Å². The number of nitrogens with one attached hydrogen (secondary N) is 1. The monoisotopic (exact) mass is 316 g/mol. The molecule has 1 N–H and O–H groups in total. The van der Waals surface area contributed by atoms with Gasteiger partial charge in [-0.1, -0.05) is 0 Å². The van der Waals surface area contributed by atoms with Crippen molar-refractivity contribution in [3.05, 3.63) is 17.0 Å². The molecule has 0 amide bonds. The lowest BCUT2D eigenvalue weighted by atomic mass is 10.3. The highest BCUT2D eigenvalue weighted by Crippen LogP contribution is 2.26. The first kappa shape index (κ1) is 14.5. The molecule has 1 aliphatic heterocycles. The molecule has 7 heteroatoms. The lowest BCUT2D eigenvalue weighted by Gasteiger charge is -2.29. The van der Waals surface area contributed by atoms with E-state index in [1.165, 1.54) is 28.5 Å². The van der Waals surface area contributed by atoms with E-state index in [2.05, 4.69) is 5.32 Å². The molecule has 1 aromatic rings. The van der Waals surface area contributed by atoms with Crippen LogP contribution in [0.25, 0.3) is 0 Å². The van der Waals surface area contributed by atoms with Gasteiger partial charge in [0.15, 0.2) is 0 Å². The molecule has 2 heterocycles. The SMILES string of the molecule is CC1CN(S(=O)(=O)c2cc(CNC3CC3)cs2)CCO1. The van der Waals surface area contributed by atoms with Crippen LogP contribution in [0, 0.1) is 0 Å². The highest BCUT2D eigenvalue weighted by molar-refractivity contribution is 7.91. The third kappa shape index (κ3) is 3.23. The zero-order valence-corrected chi connectivity index (χ0v) is 13.2. The summed E-state index contributed by atoms with van der Waals surface area (Å²) < 4.78 is 32.5. The summed E-state index contributed by atoms with van der Waals surface area (Å²) in [6.07, 6.45) is 2.44. The Morgan fingerprint density at radius 2 is 2.30 bits per heavy atom. The average Bonchev–Trinajstić information content (AvgIpc) is 3.12. The van der Waals surface area contributed by atoms with Crippen molar-refractivity contribution >= 4 is 21.4 Å². The van der Waals surface area contributed by atoms with Gasteiger partial charge in [0.25, 0.3) is 10.0 Å². The van der Waals surface area contributed by atoms with Crippen LogP contribution in [0.15, 0.2) is 15.7 Å². The summed E-state index contributed by atoms with van der Waals surface area (Å²) >= 11 is 1.31. The second-order valence-electron chi connectivity index (χ2n) is 5.47. The summed E-state index contributed by atoms with van der Waals surface area (Å²) in [6.45, 7) is 4.02. The van der Waals surface area contributed by atoms with E-state index in [1.54, 1.807) is 6.07 Å². The summed E-state index contributed by atoms with van der Waals surface area (Å²) in [6, 6.07) is 2.44. The van der Waals surface area contributed by atoms with Gasteiger partial charge in [-0.15, -0.1) is 11.3 Å². The van der Waals surface area contributed by atoms with E-state index >= 15 is 0 Å². The maximum absolute atomic E-state index is 12.6. The molecule has 1 aromatic heterocycles. The average molecular weight is 316 g/mol. The van der Waals surface area contributed by atoms with Crippen LogP contribution in [-0.2, 0) is 21.3 Å². The van der Waals surface area contributed by atoms with Gasteiger partial charge >= 0.3 is 0 Å². The molecule has 1 saturated heterocycles. The fourth-order valence-electron chi connectivity index (χ4n) is 2.26. The number of rotatable bonds is 5. The van der Waals surface area contributed by atoms with Crippen LogP contribution in [0.3, 0.4) is 0 Å². The molecule has 0 bridgehead atoms. The van der Waals surface area contributed by atoms with Crippen molar-refractivity contribution in [2.75, 3.05) is 19.7 Å². The zero-order valence-electron chi connectivity index (χ0n) is 11.5. The van der Waals surface area contributed by atoms with Crippen LogP contribution in [0.2, 0.25) is 0 Å². The highest BCUT2D eigenvalue weighted by Gasteiger charge is 2.30. The van der Waals surface area contributed by atoms with Gasteiger partial charge in [-0.05, 0) is 36.8 Å². The largest absolute Gasteiger partial charge is 0.376 e. The minimum atomic E-state index is -3.35. The molecule has 112 valence electrons. The molecule has 1 atom stereocenters. The van der Waals surface area contributed by atoms with E-state index in [-0.39, 0.29) is 6.10 Å². The Morgan fingerprint density at radius 3 is 3.00 bits per heavy atom. The predicted octanol–water partition coefficient (Wildman–Crippen LogP) is 1.41. The van der Waals surface area contributed by atoms with E-state index in [1.807, 2.05) is 12.3 Å². The van der Waals surface area contributed by atoms with Crippen LogP contribution >= 0.6 is 11.3 Å². The molecule has 1 aliphatic carbocycles. The van der Waals surface area contributed by atoms with Gasteiger partial charge in [-0.2, -0.15) is 4.31 Å². The maximum Gasteiger partial charge on any atom is 0.252 e. The highest BCUT2D eigenvalue weighted by atomic mass is 32.2. The van der Waals surface area contributed by atoms with Crippen LogP contribution in [0.1, 0.15) is 25.3 Å². The van der Waals surface area contributed by atoms with E-state index in [0.29, 0.717) is 29.9 Å². The summed E-state index contributed by atoms with van der Waals surface area (Å²) in [4.78, 5) is 0. The number of ether oxygens (including phenoxy) is 1. The van der Waals surface area contributed by atoms with E-state index in [0.717, 1.165) is 12.1 Å². The summed E-state index contributed by atoms with van der Waals surface area (Å²) in [5, 5.41) is 5.34. The minimum absolute atomic E-state index is 0.0329. The van der Waals surface area contributed by atoms with Crippen molar-refractivity contribution < 1.29 is 13.2 Å². The fourth-order valence-corrected chi connectivity index (χ4v) is 5.12. The van der Waals surface area contributed by atoms with E-state index < -0.39 is 10.0 Å². The Morgan fingerprint density at radius 1 is 1.50 bits per heavy atom. The number of morpholine rings is 1. The van der Waals surface area contributed by atoms with Crippen LogP contribution in [0.4, 0.5) is 0 Å². The maximum atomic E-state index is 12.6.